The maximum Gasteiger partial charge on any atom is 0.328 e. The summed E-state index contributed by atoms with van der Waals surface area (Å²) < 4.78 is 11.1. The van der Waals surface area contributed by atoms with E-state index >= 15 is 0 Å². The second-order valence-corrected chi connectivity index (χ2v) is 5.40. The Morgan fingerprint density at radius 3 is 2.68 bits per heavy atom. The molecule has 1 amide bonds. The lowest BCUT2D eigenvalue weighted by Gasteiger charge is -2.39. The largest absolute Gasteiger partial charge is 0.493 e. The van der Waals surface area contributed by atoms with E-state index in [0.717, 1.165) is 6.08 Å². The number of carboxylic acid groups (broad SMARTS) is 1. The Morgan fingerprint density at radius 1 is 1.45 bits per heavy atom. The fourth-order valence-electron chi connectivity index (χ4n) is 2.37. The highest BCUT2D eigenvalue weighted by atomic mass is 16.5. The number of aliphatic carboxylic acids is 1. The number of ether oxygens (including phenoxy) is 2. The summed E-state index contributed by atoms with van der Waals surface area (Å²) in [5.41, 5.74) is 0.220. The van der Waals surface area contributed by atoms with E-state index in [4.69, 9.17) is 14.6 Å². The van der Waals surface area contributed by atoms with Crippen LogP contribution in [0.4, 0.5) is 5.69 Å². The highest BCUT2D eigenvalue weighted by molar-refractivity contribution is 6.03. The Hall–Kier alpha value is -2.50. The molecule has 6 heteroatoms. The Bertz CT molecular complexity index is 648. The molecule has 1 aromatic carbocycles. The van der Waals surface area contributed by atoms with E-state index < -0.39 is 11.6 Å². The lowest BCUT2D eigenvalue weighted by atomic mass is 10.0. The van der Waals surface area contributed by atoms with Crippen molar-refractivity contribution in [2.24, 2.45) is 0 Å². The summed E-state index contributed by atoms with van der Waals surface area (Å²) in [6.45, 7) is 5.76. The molecule has 0 aliphatic carbocycles. The van der Waals surface area contributed by atoms with Crippen LogP contribution in [0, 0.1) is 0 Å². The zero-order valence-electron chi connectivity index (χ0n) is 13.0. The molecule has 0 fully saturated rings. The van der Waals surface area contributed by atoms with E-state index in [0.29, 0.717) is 29.3 Å². The van der Waals surface area contributed by atoms with Crippen LogP contribution in [0.5, 0.6) is 11.5 Å². The fraction of sp³-hybridized carbons (Fsp3) is 0.375. The molecule has 22 heavy (non-hydrogen) atoms. The molecule has 1 heterocycles. The van der Waals surface area contributed by atoms with Gasteiger partial charge in [0.15, 0.2) is 17.1 Å². The van der Waals surface area contributed by atoms with Crippen LogP contribution in [0.3, 0.4) is 0 Å². The van der Waals surface area contributed by atoms with Gasteiger partial charge in [-0.3, -0.25) is 4.79 Å². The summed E-state index contributed by atoms with van der Waals surface area (Å²) in [7, 11) is 1.50. The van der Waals surface area contributed by atoms with E-state index in [2.05, 4.69) is 0 Å². The van der Waals surface area contributed by atoms with Crippen molar-refractivity contribution in [2.45, 2.75) is 26.4 Å². The average molecular weight is 305 g/mol. The second-order valence-electron chi connectivity index (χ2n) is 5.40. The van der Waals surface area contributed by atoms with Gasteiger partial charge >= 0.3 is 5.97 Å². The summed E-state index contributed by atoms with van der Waals surface area (Å²) in [5.74, 6) is -0.246. The summed E-state index contributed by atoms with van der Waals surface area (Å²) in [6, 6.07) is 3.39. The fourth-order valence-corrected chi connectivity index (χ4v) is 2.37. The molecule has 0 atom stereocenters. The summed E-state index contributed by atoms with van der Waals surface area (Å²) in [4.78, 5) is 24.7. The molecule has 1 aromatic rings. The molecule has 0 spiro atoms. The van der Waals surface area contributed by atoms with Crippen LogP contribution in [0.2, 0.25) is 0 Å². The van der Waals surface area contributed by atoms with Crippen LogP contribution in [0.1, 0.15) is 26.3 Å². The van der Waals surface area contributed by atoms with Gasteiger partial charge in [0.25, 0.3) is 5.91 Å². The summed E-state index contributed by atoms with van der Waals surface area (Å²) >= 11 is 0. The van der Waals surface area contributed by atoms with Crippen molar-refractivity contribution in [3.05, 3.63) is 23.8 Å². The van der Waals surface area contributed by atoms with Crippen molar-refractivity contribution in [2.75, 3.05) is 18.6 Å². The van der Waals surface area contributed by atoms with Crippen LogP contribution in [0.25, 0.3) is 6.08 Å². The van der Waals surface area contributed by atoms with Crippen LogP contribution in [-0.4, -0.2) is 36.2 Å². The lowest BCUT2D eigenvalue weighted by Crippen LogP contribution is -2.52. The van der Waals surface area contributed by atoms with E-state index in [1.165, 1.54) is 13.2 Å². The number of anilines is 1. The van der Waals surface area contributed by atoms with Gasteiger partial charge in [0.1, 0.15) is 0 Å². The number of hydrogen-bond donors (Lipinski definition) is 1. The minimum atomic E-state index is -1.04. The number of likely N-dealkylation sites (N-methyl/N-ethyl adjacent to an activating group) is 1. The minimum absolute atomic E-state index is 0.149. The number of fused-ring (bicyclic) bond motifs is 1. The van der Waals surface area contributed by atoms with Crippen molar-refractivity contribution >= 4 is 23.6 Å². The first-order valence-electron chi connectivity index (χ1n) is 6.94. The molecule has 2 rings (SSSR count). The molecule has 118 valence electrons. The topological polar surface area (TPSA) is 76.1 Å². The maximum atomic E-state index is 12.5. The highest BCUT2D eigenvalue weighted by Gasteiger charge is 2.41. The van der Waals surface area contributed by atoms with Crippen LogP contribution >= 0.6 is 0 Å². The molecule has 0 aromatic heterocycles. The predicted molar refractivity (Wildman–Crippen MR) is 82.4 cm³/mol. The van der Waals surface area contributed by atoms with Crippen molar-refractivity contribution in [3.8, 4) is 11.5 Å². The normalized spacial score (nSPS) is 16.4. The zero-order valence-corrected chi connectivity index (χ0v) is 13.0. The van der Waals surface area contributed by atoms with E-state index in [-0.39, 0.29) is 5.91 Å². The van der Waals surface area contributed by atoms with Crippen molar-refractivity contribution in [1.29, 1.82) is 0 Å². The van der Waals surface area contributed by atoms with Gasteiger partial charge in [0.2, 0.25) is 0 Å². The Morgan fingerprint density at radius 2 is 2.14 bits per heavy atom. The maximum absolute atomic E-state index is 12.5. The van der Waals surface area contributed by atoms with Gasteiger partial charge in [-0.1, -0.05) is 0 Å². The smallest absolute Gasteiger partial charge is 0.328 e. The lowest BCUT2D eigenvalue weighted by molar-refractivity contribution is -0.133. The molecule has 1 N–H and O–H groups in total. The van der Waals surface area contributed by atoms with Gasteiger partial charge in [-0.25, -0.2) is 4.79 Å². The average Bonchev–Trinajstić information content (AvgIpc) is 2.46. The number of benzene rings is 1. The first-order valence-corrected chi connectivity index (χ1v) is 6.94. The van der Waals surface area contributed by atoms with Crippen LogP contribution in [-0.2, 0) is 9.59 Å². The molecule has 1 aliphatic heterocycles. The number of carboxylic acids is 1. The second kappa shape index (κ2) is 5.71. The minimum Gasteiger partial charge on any atom is -0.493 e. The molecule has 6 nitrogen and oxygen atoms in total. The van der Waals surface area contributed by atoms with E-state index in [1.54, 1.807) is 30.9 Å². The Balaban J connectivity index is 2.61. The molecule has 0 saturated heterocycles. The summed E-state index contributed by atoms with van der Waals surface area (Å²) in [5, 5.41) is 8.74. The van der Waals surface area contributed by atoms with Crippen LogP contribution < -0.4 is 14.4 Å². The van der Waals surface area contributed by atoms with Crippen molar-refractivity contribution in [3.63, 3.8) is 0 Å². The molecule has 0 saturated carbocycles. The standard InChI is InChI=1S/C16H19NO5/c1-5-17-11-8-10(6-7-13(18)19)9-12(21-4)14(11)22-16(2,3)15(17)20/h6-9H,5H2,1-4H3,(H,18,19)/b7-6+. The molecular weight excluding hydrogens is 286 g/mol. The SMILES string of the molecule is CCN1C(=O)C(C)(C)Oc2c(OC)cc(/C=C/C(=O)O)cc21. The molecular formula is C16H19NO5. The van der Waals surface area contributed by atoms with Crippen molar-refractivity contribution < 1.29 is 24.2 Å². The van der Waals surface area contributed by atoms with Crippen LogP contribution in [0.15, 0.2) is 18.2 Å². The predicted octanol–water partition coefficient (Wildman–Crippen LogP) is 2.32. The third-order valence-corrected chi connectivity index (χ3v) is 3.42. The van der Waals surface area contributed by atoms with Crippen molar-refractivity contribution in [1.82, 2.24) is 0 Å². The number of methoxy groups -OCH3 is 1. The summed E-state index contributed by atoms with van der Waals surface area (Å²) in [6.07, 6.45) is 2.48. The number of carbonyl (C=O) groups is 2. The Kier molecular flexibility index (Phi) is 4.12. The first kappa shape index (κ1) is 15.9. The third kappa shape index (κ3) is 2.77. The highest BCUT2D eigenvalue weighted by Crippen LogP contribution is 2.45. The Labute approximate surface area is 128 Å². The van der Waals surface area contributed by atoms with Gasteiger partial charge in [-0.05, 0) is 44.5 Å². The number of carbonyl (C=O) groups excluding carboxylic acids is 1. The van der Waals surface area contributed by atoms with E-state index in [1.807, 2.05) is 6.92 Å². The quantitative estimate of drug-likeness (QED) is 0.864. The number of rotatable bonds is 4. The van der Waals surface area contributed by atoms with E-state index in [9.17, 15) is 9.59 Å². The zero-order chi connectivity index (χ0) is 16.5. The molecule has 0 bridgehead atoms. The number of amides is 1. The molecule has 1 aliphatic rings. The van der Waals surface area contributed by atoms with Gasteiger partial charge in [-0.15, -0.1) is 0 Å². The molecule has 0 unspecified atom stereocenters. The third-order valence-electron chi connectivity index (χ3n) is 3.42. The van der Waals surface area contributed by atoms with Gasteiger partial charge < -0.3 is 19.5 Å². The first-order chi connectivity index (χ1) is 10.3. The number of nitrogens with zero attached hydrogens (tertiary/aromatic N) is 1. The number of hydrogen-bond acceptors (Lipinski definition) is 4. The monoisotopic (exact) mass is 305 g/mol. The van der Waals surface area contributed by atoms with Gasteiger partial charge in [0, 0.05) is 12.6 Å². The van der Waals surface area contributed by atoms with Gasteiger partial charge in [-0.2, -0.15) is 0 Å². The van der Waals surface area contributed by atoms with Gasteiger partial charge in [0.05, 0.1) is 12.8 Å². The molecule has 0 radical (unpaired) electrons.